The SMILES string of the molecule is FC=C(F)CC(F)F. The molecule has 0 aliphatic carbocycles. The van der Waals surface area contributed by atoms with E-state index in [1.165, 1.54) is 0 Å². The van der Waals surface area contributed by atoms with Gasteiger partial charge in [-0.2, -0.15) is 0 Å². The van der Waals surface area contributed by atoms with Crippen molar-refractivity contribution in [3.8, 4) is 0 Å². The van der Waals surface area contributed by atoms with Gasteiger partial charge in [0.2, 0.25) is 6.43 Å². The van der Waals surface area contributed by atoms with E-state index in [2.05, 4.69) is 0 Å². The Kier molecular flexibility index (Phi) is 3.23. The molecular weight excluding hydrogens is 124 g/mol. The minimum atomic E-state index is -2.80. The maximum absolute atomic E-state index is 11.4. The third kappa shape index (κ3) is 3.64. The molecule has 0 nitrogen and oxygen atoms in total. The van der Waals surface area contributed by atoms with Gasteiger partial charge in [0.1, 0.15) is 12.2 Å². The lowest BCUT2D eigenvalue weighted by molar-refractivity contribution is 0.140. The summed E-state index contributed by atoms with van der Waals surface area (Å²) in [4.78, 5) is 0. The molecule has 0 saturated carbocycles. The second-order valence-electron chi connectivity index (χ2n) is 1.15. The van der Waals surface area contributed by atoms with Crippen molar-refractivity contribution in [2.75, 3.05) is 0 Å². The third-order valence-electron chi connectivity index (χ3n) is 0.468. The summed E-state index contributed by atoms with van der Waals surface area (Å²) < 4.78 is 44.3. The second kappa shape index (κ2) is 3.46. The van der Waals surface area contributed by atoms with Crippen LogP contribution < -0.4 is 0 Å². The van der Waals surface area contributed by atoms with Gasteiger partial charge < -0.3 is 0 Å². The highest BCUT2D eigenvalue weighted by Gasteiger charge is 2.05. The number of alkyl halides is 2. The van der Waals surface area contributed by atoms with E-state index in [-0.39, 0.29) is 0 Å². The molecule has 0 fully saturated rings. The molecule has 0 amide bonds. The largest absolute Gasteiger partial charge is 0.244 e. The normalized spacial score (nSPS) is 12.9. The minimum absolute atomic E-state index is 0.466. The van der Waals surface area contributed by atoms with E-state index in [1.54, 1.807) is 0 Å². The lowest BCUT2D eigenvalue weighted by Crippen LogP contribution is -1.88. The van der Waals surface area contributed by atoms with E-state index in [1.807, 2.05) is 0 Å². The second-order valence-corrected chi connectivity index (χ2v) is 1.15. The summed E-state index contributed by atoms with van der Waals surface area (Å²) in [7, 11) is 0. The summed E-state index contributed by atoms with van der Waals surface area (Å²) in [6.45, 7) is 0. The molecule has 0 atom stereocenters. The van der Waals surface area contributed by atoms with Gasteiger partial charge in [-0.1, -0.05) is 0 Å². The van der Waals surface area contributed by atoms with Crippen LogP contribution >= 0.6 is 0 Å². The van der Waals surface area contributed by atoms with Crippen molar-refractivity contribution < 1.29 is 17.6 Å². The summed E-state index contributed by atoms with van der Waals surface area (Å²) in [6.07, 6.45) is -4.40. The molecule has 0 bridgehead atoms. The Labute approximate surface area is 43.8 Å². The van der Waals surface area contributed by atoms with Crippen molar-refractivity contribution >= 4 is 0 Å². The maximum atomic E-state index is 11.4. The van der Waals surface area contributed by atoms with E-state index < -0.39 is 25.0 Å². The molecule has 0 aromatic carbocycles. The van der Waals surface area contributed by atoms with Crippen LogP contribution in [0.4, 0.5) is 17.6 Å². The highest BCUT2D eigenvalue weighted by atomic mass is 19.3. The zero-order valence-corrected chi connectivity index (χ0v) is 3.87. The van der Waals surface area contributed by atoms with Crippen LogP contribution in [-0.2, 0) is 0 Å². The Morgan fingerprint density at radius 3 is 2.12 bits per heavy atom. The zero-order valence-electron chi connectivity index (χ0n) is 3.87. The Hall–Kier alpha value is -0.540. The quantitative estimate of drug-likeness (QED) is 0.501. The van der Waals surface area contributed by atoms with Crippen LogP contribution in [-0.4, -0.2) is 6.43 Å². The van der Waals surface area contributed by atoms with Crippen molar-refractivity contribution in [3.63, 3.8) is 0 Å². The fourth-order valence-corrected chi connectivity index (χ4v) is 0.192. The molecule has 0 radical (unpaired) electrons. The monoisotopic (exact) mass is 128 g/mol. The molecule has 0 aliphatic rings. The highest BCUT2D eigenvalue weighted by Crippen LogP contribution is 2.10. The van der Waals surface area contributed by atoms with Crippen LogP contribution in [0.5, 0.6) is 0 Å². The first-order chi connectivity index (χ1) is 3.66. The molecule has 0 saturated heterocycles. The molecule has 0 aromatic heterocycles. The Balaban J connectivity index is 3.39. The zero-order chi connectivity index (χ0) is 6.57. The fraction of sp³-hybridized carbons (Fsp3) is 0.500. The van der Waals surface area contributed by atoms with Gasteiger partial charge in [0.15, 0.2) is 0 Å². The van der Waals surface area contributed by atoms with Crippen molar-refractivity contribution in [2.45, 2.75) is 12.8 Å². The maximum Gasteiger partial charge on any atom is 0.244 e. The Morgan fingerprint density at radius 2 is 2.00 bits per heavy atom. The lowest BCUT2D eigenvalue weighted by Gasteiger charge is -1.90. The van der Waals surface area contributed by atoms with Crippen LogP contribution in [0.2, 0.25) is 0 Å². The Morgan fingerprint density at radius 1 is 1.50 bits per heavy atom. The molecule has 0 heterocycles. The molecule has 0 rings (SSSR count). The third-order valence-corrected chi connectivity index (χ3v) is 0.468. The standard InChI is InChI=1S/C4H4F4/c5-2-3(6)1-4(7)8/h2,4H,1H2. The Bertz CT molecular complexity index is 86.0. The minimum Gasteiger partial charge on any atom is -0.213 e. The number of hydrogen-bond donors (Lipinski definition) is 0. The molecular formula is C4H4F4. The number of allylic oxidation sites excluding steroid dienone is 1. The first kappa shape index (κ1) is 7.46. The predicted molar refractivity (Wildman–Crippen MR) is 20.9 cm³/mol. The van der Waals surface area contributed by atoms with Crippen molar-refractivity contribution in [3.05, 3.63) is 12.2 Å². The van der Waals surface area contributed by atoms with E-state index in [0.717, 1.165) is 0 Å². The van der Waals surface area contributed by atoms with Gasteiger partial charge in [0.25, 0.3) is 0 Å². The summed E-state index contributed by atoms with van der Waals surface area (Å²) in [5.41, 5.74) is 0. The molecule has 8 heavy (non-hydrogen) atoms. The van der Waals surface area contributed by atoms with Gasteiger partial charge in [-0.15, -0.1) is 0 Å². The van der Waals surface area contributed by atoms with E-state index in [4.69, 9.17) is 0 Å². The number of rotatable bonds is 2. The molecule has 0 unspecified atom stereocenters. The van der Waals surface area contributed by atoms with Gasteiger partial charge in [-0.3, -0.25) is 0 Å². The first-order valence-electron chi connectivity index (χ1n) is 1.89. The molecule has 0 N–H and O–H groups in total. The lowest BCUT2D eigenvalue weighted by atomic mass is 10.4. The molecule has 48 valence electrons. The number of halogens is 4. The van der Waals surface area contributed by atoms with Gasteiger partial charge in [0.05, 0.1) is 6.42 Å². The average Bonchev–Trinajstić information content (AvgIpc) is 1.65. The highest BCUT2D eigenvalue weighted by molar-refractivity contribution is 4.84. The van der Waals surface area contributed by atoms with Crippen LogP contribution in [0.15, 0.2) is 12.2 Å². The summed E-state index contributed by atoms with van der Waals surface area (Å²) in [5, 5.41) is 0. The van der Waals surface area contributed by atoms with Gasteiger partial charge in [0, 0.05) is 0 Å². The van der Waals surface area contributed by atoms with Gasteiger partial charge in [-0.25, -0.2) is 17.6 Å². The van der Waals surface area contributed by atoms with Crippen molar-refractivity contribution in [1.29, 1.82) is 0 Å². The fourth-order valence-electron chi connectivity index (χ4n) is 0.192. The van der Waals surface area contributed by atoms with Crippen LogP contribution in [0, 0.1) is 0 Å². The van der Waals surface area contributed by atoms with Gasteiger partial charge >= 0.3 is 0 Å². The smallest absolute Gasteiger partial charge is 0.213 e. The van der Waals surface area contributed by atoms with Crippen molar-refractivity contribution in [1.82, 2.24) is 0 Å². The molecule has 0 aromatic rings. The van der Waals surface area contributed by atoms with Crippen LogP contribution in [0.1, 0.15) is 6.42 Å². The first-order valence-corrected chi connectivity index (χ1v) is 1.89. The van der Waals surface area contributed by atoms with E-state index >= 15 is 0 Å². The number of hydrogen-bond acceptors (Lipinski definition) is 0. The van der Waals surface area contributed by atoms with E-state index in [9.17, 15) is 17.6 Å². The predicted octanol–water partition coefficient (Wildman–Crippen LogP) is 2.42. The summed E-state index contributed by atoms with van der Waals surface area (Å²) in [5.74, 6) is -1.42. The summed E-state index contributed by atoms with van der Waals surface area (Å²) >= 11 is 0. The van der Waals surface area contributed by atoms with Crippen LogP contribution in [0.3, 0.4) is 0 Å². The molecule has 4 heteroatoms. The van der Waals surface area contributed by atoms with Crippen molar-refractivity contribution in [2.24, 2.45) is 0 Å². The topological polar surface area (TPSA) is 0 Å². The van der Waals surface area contributed by atoms with Gasteiger partial charge in [-0.05, 0) is 0 Å². The average molecular weight is 128 g/mol. The van der Waals surface area contributed by atoms with Crippen LogP contribution in [0.25, 0.3) is 0 Å². The molecule has 0 aliphatic heterocycles. The van der Waals surface area contributed by atoms with E-state index in [0.29, 0.717) is 0 Å². The molecule has 0 spiro atoms. The summed E-state index contributed by atoms with van der Waals surface area (Å²) in [6, 6.07) is 0.